The zero-order valence-corrected chi connectivity index (χ0v) is 9.08. The Labute approximate surface area is 92.0 Å². The van der Waals surface area contributed by atoms with Gasteiger partial charge in [-0.05, 0) is 0 Å². The van der Waals surface area contributed by atoms with Gasteiger partial charge < -0.3 is 0 Å². The molecule has 0 fully saturated rings. The minimum atomic E-state index is -4.46. The Balaban J connectivity index is 2.62. The van der Waals surface area contributed by atoms with Crippen molar-refractivity contribution >= 4 is 15.6 Å². The molecule has 0 atom stereocenters. The first kappa shape index (κ1) is 12.8. The number of Topliss-reactive ketones (excluding diaryl/α,β-unsaturated/α-hetero) is 1. The molecule has 0 aliphatic carbocycles. The predicted molar refractivity (Wildman–Crippen MR) is 55.2 cm³/mol. The van der Waals surface area contributed by atoms with Gasteiger partial charge in [0, 0.05) is 12.0 Å². The molecule has 3 nitrogen and oxygen atoms in total. The molecule has 0 saturated carbocycles. The summed E-state index contributed by atoms with van der Waals surface area (Å²) in [6.45, 7) is 0. The summed E-state index contributed by atoms with van der Waals surface area (Å²) in [5, 5.41) is 0. The lowest BCUT2D eigenvalue weighted by molar-refractivity contribution is 0.0988. The number of ketones is 1. The maximum absolute atomic E-state index is 12.0. The highest BCUT2D eigenvalue weighted by Gasteiger charge is 2.24. The minimum Gasteiger partial charge on any atom is -0.294 e. The van der Waals surface area contributed by atoms with E-state index in [0.717, 1.165) is 0 Å². The normalized spacial score (nSPS) is 11.7. The number of rotatable bonds is 5. The Morgan fingerprint density at radius 2 is 1.75 bits per heavy atom. The third kappa shape index (κ3) is 3.37. The van der Waals surface area contributed by atoms with Crippen LogP contribution in [0.5, 0.6) is 0 Å². The molecule has 0 saturated heterocycles. The fourth-order valence-corrected chi connectivity index (χ4v) is 1.74. The second kappa shape index (κ2) is 5.16. The highest BCUT2D eigenvalue weighted by molar-refractivity contribution is 7.91. The number of benzene rings is 1. The van der Waals surface area contributed by atoms with Gasteiger partial charge in [0.05, 0.1) is 5.75 Å². The number of hydrogen-bond donors (Lipinski definition) is 0. The van der Waals surface area contributed by atoms with E-state index < -0.39 is 33.6 Å². The number of halogens is 2. The van der Waals surface area contributed by atoms with Crippen LogP contribution in [0.25, 0.3) is 0 Å². The molecule has 1 aromatic rings. The van der Waals surface area contributed by atoms with E-state index in [1.807, 2.05) is 0 Å². The van der Waals surface area contributed by atoms with E-state index in [1.54, 1.807) is 18.2 Å². The highest BCUT2D eigenvalue weighted by Crippen LogP contribution is 2.10. The maximum Gasteiger partial charge on any atom is 0.336 e. The molecule has 1 aromatic carbocycles. The van der Waals surface area contributed by atoms with Crippen molar-refractivity contribution in [1.29, 1.82) is 0 Å². The van der Waals surface area contributed by atoms with E-state index in [4.69, 9.17) is 0 Å². The Morgan fingerprint density at radius 1 is 1.19 bits per heavy atom. The SMILES string of the molecule is O=C(CCS(=O)(=O)C(F)F)c1ccccc1. The first-order valence-electron chi connectivity index (χ1n) is 4.51. The van der Waals surface area contributed by atoms with Gasteiger partial charge in [0.2, 0.25) is 9.84 Å². The second-order valence-corrected chi connectivity index (χ2v) is 5.26. The molecular weight excluding hydrogens is 238 g/mol. The summed E-state index contributed by atoms with van der Waals surface area (Å²) >= 11 is 0. The van der Waals surface area contributed by atoms with Crippen LogP contribution in [0.15, 0.2) is 30.3 Å². The number of hydrogen-bond acceptors (Lipinski definition) is 3. The van der Waals surface area contributed by atoms with Crippen LogP contribution in [0.2, 0.25) is 0 Å². The number of alkyl halides is 2. The van der Waals surface area contributed by atoms with Crippen LogP contribution in [0.1, 0.15) is 16.8 Å². The summed E-state index contributed by atoms with van der Waals surface area (Å²) in [6.07, 6.45) is -0.420. The van der Waals surface area contributed by atoms with E-state index in [0.29, 0.717) is 5.56 Å². The zero-order valence-electron chi connectivity index (χ0n) is 8.27. The number of sulfone groups is 1. The largest absolute Gasteiger partial charge is 0.336 e. The van der Waals surface area contributed by atoms with Crippen molar-refractivity contribution in [3.8, 4) is 0 Å². The lowest BCUT2D eigenvalue weighted by Crippen LogP contribution is -2.18. The zero-order chi connectivity index (χ0) is 12.2. The van der Waals surface area contributed by atoms with Gasteiger partial charge in [0.25, 0.3) is 0 Å². The van der Waals surface area contributed by atoms with Crippen molar-refractivity contribution in [2.75, 3.05) is 5.75 Å². The first-order valence-corrected chi connectivity index (χ1v) is 6.23. The summed E-state index contributed by atoms with van der Waals surface area (Å²) in [5.74, 6) is -4.70. The highest BCUT2D eigenvalue weighted by atomic mass is 32.2. The van der Waals surface area contributed by atoms with Gasteiger partial charge in [0.1, 0.15) is 0 Å². The molecule has 0 N–H and O–H groups in total. The third-order valence-electron chi connectivity index (χ3n) is 1.98. The summed E-state index contributed by atoms with van der Waals surface area (Å²) in [5.41, 5.74) is 0.326. The molecule has 0 spiro atoms. The standard InChI is InChI=1S/C10H10F2O3S/c11-10(12)16(14,15)7-6-9(13)8-4-2-1-3-5-8/h1-5,10H,6-7H2. The Kier molecular flexibility index (Phi) is 4.12. The smallest absolute Gasteiger partial charge is 0.294 e. The van der Waals surface area contributed by atoms with Gasteiger partial charge in [-0.2, -0.15) is 8.78 Å². The quantitative estimate of drug-likeness (QED) is 0.748. The molecule has 0 aliphatic rings. The fourth-order valence-electron chi connectivity index (χ4n) is 1.09. The lowest BCUT2D eigenvalue weighted by atomic mass is 10.1. The van der Waals surface area contributed by atoms with E-state index in [-0.39, 0.29) is 0 Å². The summed E-state index contributed by atoms with van der Waals surface area (Å²) in [6, 6.07) is 7.96. The van der Waals surface area contributed by atoms with Crippen LogP contribution in [0.3, 0.4) is 0 Å². The Bertz CT molecular complexity index is 454. The van der Waals surface area contributed by atoms with Crippen molar-refractivity contribution < 1.29 is 22.0 Å². The molecule has 0 aliphatic heterocycles. The van der Waals surface area contributed by atoms with Crippen molar-refractivity contribution in [3.63, 3.8) is 0 Å². The monoisotopic (exact) mass is 248 g/mol. The topological polar surface area (TPSA) is 51.2 Å². The summed E-state index contributed by atoms with van der Waals surface area (Å²) < 4.78 is 45.5. The van der Waals surface area contributed by atoms with Gasteiger partial charge in [-0.25, -0.2) is 8.42 Å². The Morgan fingerprint density at radius 3 is 2.25 bits per heavy atom. The predicted octanol–water partition coefficient (Wildman–Crippen LogP) is 1.90. The minimum absolute atomic E-state index is 0.326. The molecule has 0 unspecified atom stereocenters. The first-order chi connectivity index (χ1) is 7.43. The van der Waals surface area contributed by atoms with Crippen molar-refractivity contribution in [1.82, 2.24) is 0 Å². The van der Waals surface area contributed by atoms with Crippen LogP contribution in [-0.4, -0.2) is 25.7 Å². The van der Waals surface area contributed by atoms with E-state index in [9.17, 15) is 22.0 Å². The molecular formula is C10H10F2O3S. The van der Waals surface area contributed by atoms with Crippen LogP contribution in [-0.2, 0) is 9.84 Å². The van der Waals surface area contributed by atoms with Crippen LogP contribution < -0.4 is 0 Å². The molecule has 88 valence electrons. The molecule has 0 bridgehead atoms. The second-order valence-electron chi connectivity index (χ2n) is 3.17. The van der Waals surface area contributed by atoms with Gasteiger partial charge in [-0.3, -0.25) is 4.79 Å². The van der Waals surface area contributed by atoms with Gasteiger partial charge in [-0.1, -0.05) is 30.3 Å². The molecule has 16 heavy (non-hydrogen) atoms. The average molecular weight is 248 g/mol. The molecule has 0 radical (unpaired) electrons. The fraction of sp³-hybridized carbons (Fsp3) is 0.300. The van der Waals surface area contributed by atoms with Crippen LogP contribution in [0.4, 0.5) is 8.78 Å². The van der Waals surface area contributed by atoms with Crippen LogP contribution in [0, 0.1) is 0 Å². The average Bonchev–Trinajstić information content (AvgIpc) is 2.27. The van der Waals surface area contributed by atoms with E-state index >= 15 is 0 Å². The number of carbonyl (C=O) groups excluding carboxylic acids is 1. The van der Waals surface area contributed by atoms with Crippen molar-refractivity contribution in [3.05, 3.63) is 35.9 Å². The third-order valence-corrected chi connectivity index (χ3v) is 3.30. The lowest BCUT2D eigenvalue weighted by Gasteiger charge is -2.02. The maximum atomic E-state index is 12.0. The summed E-state index contributed by atoms with van der Waals surface area (Å²) in [4.78, 5) is 11.4. The number of carbonyl (C=O) groups is 1. The summed E-state index contributed by atoms with van der Waals surface area (Å²) in [7, 11) is -4.46. The molecule has 0 heterocycles. The molecule has 0 aromatic heterocycles. The van der Waals surface area contributed by atoms with Gasteiger partial charge in [0.15, 0.2) is 5.78 Å². The van der Waals surface area contributed by atoms with Crippen LogP contribution >= 0.6 is 0 Å². The van der Waals surface area contributed by atoms with Crippen molar-refractivity contribution in [2.24, 2.45) is 0 Å². The molecule has 6 heteroatoms. The Hall–Kier alpha value is -1.30. The molecule has 1 rings (SSSR count). The molecule has 0 amide bonds. The van der Waals surface area contributed by atoms with Crippen molar-refractivity contribution in [2.45, 2.75) is 12.2 Å². The van der Waals surface area contributed by atoms with E-state index in [2.05, 4.69) is 0 Å². The van der Waals surface area contributed by atoms with Gasteiger partial charge in [-0.15, -0.1) is 0 Å². The van der Waals surface area contributed by atoms with Gasteiger partial charge >= 0.3 is 5.76 Å². The van der Waals surface area contributed by atoms with E-state index in [1.165, 1.54) is 12.1 Å².